The van der Waals surface area contributed by atoms with Crippen LogP contribution in [0.15, 0.2) is 48.8 Å². The van der Waals surface area contributed by atoms with Crippen LogP contribution in [-0.4, -0.2) is 27.9 Å². The zero-order valence-corrected chi connectivity index (χ0v) is 18.2. The zero-order valence-electron chi connectivity index (χ0n) is 17.4. The maximum atomic E-state index is 12.2. The summed E-state index contributed by atoms with van der Waals surface area (Å²) < 4.78 is 4.53. The Labute approximate surface area is 181 Å². The van der Waals surface area contributed by atoms with Crippen LogP contribution in [0.4, 0.5) is 5.00 Å². The number of aryl methyl sites for hydroxylation is 1. The number of rotatable bonds is 8. The number of hydrogen-bond donors (Lipinski definition) is 1. The van der Waals surface area contributed by atoms with E-state index in [-0.39, 0.29) is 12.5 Å². The van der Waals surface area contributed by atoms with Crippen molar-refractivity contribution in [2.24, 2.45) is 11.7 Å². The van der Waals surface area contributed by atoms with Crippen LogP contribution in [0, 0.1) is 24.2 Å². The van der Waals surface area contributed by atoms with Crippen molar-refractivity contribution < 1.29 is 4.79 Å². The number of amides is 1. The van der Waals surface area contributed by atoms with Gasteiger partial charge in [-0.15, -0.1) is 0 Å². The molecule has 0 radical (unpaired) electrons. The Bertz CT molecular complexity index is 1040. The van der Waals surface area contributed by atoms with Crippen molar-refractivity contribution in [2.45, 2.75) is 33.2 Å². The molecule has 3 rings (SSSR count). The second kappa shape index (κ2) is 9.51. The molecule has 2 aromatic heterocycles. The Morgan fingerprint density at radius 3 is 2.30 bits per heavy atom. The molecule has 1 amide bonds. The van der Waals surface area contributed by atoms with Gasteiger partial charge in [-0.2, -0.15) is 9.64 Å². The summed E-state index contributed by atoms with van der Waals surface area (Å²) in [6.07, 6.45) is 4.12. The minimum absolute atomic E-state index is 0.0735. The first-order valence-electron chi connectivity index (χ1n) is 9.82. The molecule has 30 heavy (non-hydrogen) atoms. The Balaban J connectivity index is 2.02. The highest BCUT2D eigenvalue weighted by atomic mass is 32.1. The lowest BCUT2D eigenvalue weighted by Crippen LogP contribution is -2.46. The van der Waals surface area contributed by atoms with E-state index in [1.54, 1.807) is 17.3 Å². The highest BCUT2D eigenvalue weighted by molar-refractivity contribution is 7.11. The molecular weight excluding hydrogens is 394 g/mol. The van der Waals surface area contributed by atoms with Gasteiger partial charge in [0.1, 0.15) is 17.6 Å². The third-order valence-electron chi connectivity index (χ3n) is 4.93. The lowest BCUT2D eigenvalue weighted by molar-refractivity contribution is -0.119. The van der Waals surface area contributed by atoms with Gasteiger partial charge in [0.15, 0.2) is 0 Å². The molecule has 1 aromatic carbocycles. The van der Waals surface area contributed by atoms with Crippen LogP contribution in [-0.2, 0) is 4.79 Å². The number of carbonyl (C=O) groups excluding carboxylic acids is 1. The molecule has 0 fully saturated rings. The number of aromatic nitrogens is 2. The Morgan fingerprint density at radius 2 is 1.73 bits per heavy atom. The summed E-state index contributed by atoms with van der Waals surface area (Å²) in [6.45, 7) is 6.09. The molecule has 6 nitrogen and oxygen atoms in total. The number of nitrogens with two attached hydrogens (primary N) is 1. The molecule has 0 aliphatic rings. The van der Waals surface area contributed by atoms with Gasteiger partial charge in [0.05, 0.1) is 11.8 Å². The number of primary amides is 1. The third kappa shape index (κ3) is 4.66. The Kier molecular flexibility index (Phi) is 6.80. The van der Waals surface area contributed by atoms with Gasteiger partial charge in [-0.3, -0.25) is 9.78 Å². The average molecular weight is 420 g/mol. The number of nitriles is 1. The first-order valence-corrected chi connectivity index (χ1v) is 10.6. The van der Waals surface area contributed by atoms with Gasteiger partial charge < -0.3 is 10.6 Å². The lowest BCUT2D eigenvalue weighted by atomic mass is 9.99. The third-order valence-corrected chi connectivity index (χ3v) is 5.91. The van der Waals surface area contributed by atoms with Gasteiger partial charge in [-0.1, -0.05) is 38.1 Å². The van der Waals surface area contributed by atoms with Gasteiger partial charge in [0.2, 0.25) is 5.91 Å². The zero-order chi connectivity index (χ0) is 21.7. The van der Waals surface area contributed by atoms with Crippen molar-refractivity contribution in [1.29, 1.82) is 5.26 Å². The van der Waals surface area contributed by atoms with E-state index in [9.17, 15) is 10.1 Å². The van der Waals surface area contributed by atoms with E-state index < -0.39 is 11.9 Å². The van der Waals surface area contributed by atoms with Crippen molar-refractivity contribution in [2.75, 3.05) is 11.4 Å². The number of nitrogens with zero attached hydrogens (tertiary/aromatic N) is 4. The molecular formula is C23H25N5OS. The number of anilines is 1. The summed E-state index contributed by atoms with van der Waals surface area (Å²) in [6, 6.07) is 13.8. The number of benzene rings is 1. The monoisotopic (exact) mass is 419 g/mol. The maximum Gasteiger partial charge on any atom is 0.240 e. The summed E-state index contributed by atoms with van der Waals surface area (Å²) in [4.78, 5) is 18.1. The number of hydrogen-bond acceptors (Lipinski definition) is 6. The summed E-state index contributed by atoms with van der Waals surface area (Å²) >= 11 is 1.30. The van der Waals surface area contributed by atoms with Crippen LogP contribution < -0.4 is 10.6 Å². The minimum atomic E-state index is -0.556. The molecule has 7 heteroatoms. The van der Waals surface area contributed by atoms with Crippen LogP contribution in [0.1, 0.15) is 26.0 Å². The van der Waals surface area contributed by atoms with E-state index in [2.05, 4.69) is 27.6 Å². The topological polar surface area (TPSA) is 95.9 Å². The van der Waals surface area contributed by atoms with Crippen LogP contribution >= 0.6 is 11.5 Å². The van der Waals surface area contributed by atoms with E-state index in [0.29, 0.717) is 6.42 Å². The fourth-order valence-corrected chi connectivity index (χ4v) is 4.47. The van der Waals surface area contributed by atoms with E-state index >= 15 is 0 Å². The van der Waals surface area contributed by atoms with Gasteiger partial charge in [-0.05, 0) is 59.6 Å². The van der Waals surface area contributed by atoms with Crippen molar-refractivity contribution in [3.8, 4) is 28.3 Å². The first kappa shape index (κ1) is 21.5. The Morgan fingerprint density at radius 1 is 1.13 bits per heavy atom. The van der Waals surface area contributed by atoms with Gasteiger partial charge in [0, 0.05) is 18.0 Å². The summed E-state index contributed by atoms with van der Waals surface area (Å²) in [5, 5.41) is 10.2. The summed E-state index contributed by atoms with van der Waals surface area (Å²) in [7, 11) is 0. The predicted molar refractivity (Wildman–Crippen MR) is 121 cm³/mol. The molecule has 1 atom stereocenters. The molecule has 0 aliphatic carbocycles. The van der Waals surface area contributed by atoms with E-state index in [4.69, 9.17) is 5.73 Å². The quantitative estimate of drug-likeness (QED) is 0.546. The van der Waals surface area contributed by atoms with E-state index in [0.717, 1.165) is 32.9 Å². The molecule has 3 aromatic rings. The molecule has 0 bridgehead atoms. The van der Waals surface area contributed by atoms with Crippen molar-refractivity contribution in [1.82, 2.24) is 9.36 Å². The van der Waals surface area contributed by atoms with Crippen LogP contribution in [0.3, 0.4) is 0 Å². The van der Waals surface area contributed by atoms with Crippen LogP contribution in [0.5, 0.6) is 0 Å². The summed E-state index contributed by atoms with van der Waals surface area (Å²) in [5.74, 6) is -0.162. The van der Waals surface area contributed by atoms with Gasteiger partial charge in [-0.25, -0.2) is 0 Å². The Hall–Kier alpha value is -3.24. The molecule has 0 saturated carbocycles. The van der Waals surface area contributed by atoms with Crippen molar-refractivity contribution >= 4 is 22.4 Å². The molecule has 0 saturated heterocycles. The number of pyridine rings is 1. The standard InChI is InChI=1S/C23H25N5OS/c1-15(2)14-20(22(25)29)28(13-10-24)23-21(16(3)27-30-23)19-6-4-17(5-7-19)18-8-11-26-12-9-18/h4-9,11-12,15,20H,13-14H2,1-3H3,(H2,25,29)/t20-/m0/s1. The molecule has 0 spiro atoms. The SMILES string of the molecule is Cc1nsc(N(CC#N)[C@@H](CC(C)C)C(N)=O)c1-c1ccc(-c2ccncc2)cc1. The molecule has 154 valence electrons. The van der Waals surface area contributed by atoms with Crippen LogP contribution in [0.25, 0.3) is 22.3 Å². The molecule has 0 aliphatic heterocycles. The van der Waals surface area contributed by atoms with Crippen molar-refractivity contribution in [3.05, 3.63) is 54.5 Å². The maximum absolute atomic E-state index is 12.2. The molecule has 0 unspecified atom stereocenters. The highest BCUT2D eigenvalue weighted by Crippen LogP contribution is 2.39. The predicted octanol–water partition coefficient (Wildman–Crippen LogP) is 4.41. The first-order chi connectivity index (χ1) is 14.4. The summed E-state index contributed by atoms with van der Waals surface area (Å²) in [5.41, 5.74) is 10.7. The van der Waals surface area contributed by atoms with Crippen molar-refractivity contribution in [3.63, 3.8) is 0 Å². The van der Waals surface area contributed by atoms with E-state index in [1.807, 2.05) is 45.0 Å². The number of carbonyl (C=O) groups is 1. The lowest BCUT2D eigenvalue weighted by Gasteiger charge is -2.30. The van der Waals surface area contributed by atoms with Gasteiger partial charge >= 0.3 is 0 Å². The molecule has 2 heterocycles. The fraction of sp³-hybridized carbons (Fsp3) is 0.304. The van der Waals surface area contributed by atoms with E-state index in [1.165, 1.54) is 11.5 Å². The molecule has 2 N–H and O–H groups in total. The minimum Gasteiger partial charge on any atom is -0.368 e. The fourth-order valence-electron chi connectivity index (χ4n) is 3.50. The highest BCUT2D eigenvalue weighted by Gasteiger charge is 2.29. The normalized spacial score (nSPS) is 11.8. The smallest absolute Gasteiger partial charge is 0.240 e. The second-order valence-electron chi connectivity index (χ2n) is 7.60. The average Bonchev–Trinajstić information content (AvgIpc) is 3.12. The van der Waals surface area contributed by atoms with Gasteiger partial charge in [0.25, 0.3) is 0 Å². The second-order valence-corrected chi connectivity index (χ2v) is 8.35. The largest absolute Gasteiger partial charge is 0.368 e. The van der Waals surface area contributed by atoms with Crippen LogP contribution in [0.2, 0.25) is 0 Å².